The minimum absolute atomic E-state index is 0.797. The Morgan fingerprint density at radius 3 is 2.38 bits per heavy atom. The van der Waals surface area contributed by atoms with Crippen molar-refractivity contribution in [3.63, 3.8) is 0 Å². The zero-order valence-electron chi connectivity index (χ0n) is 9.22. The first kappa shape index (κ1) is 11.6. The molecular weight excluding hydrogens is 224 g/mol. The van der Waals surface area contributed by atoms with Crippen LogP contribution in [0, 0.1) is 17.8 Å². The van der Waals surface area contributed by atoms with Gasteiger partial charge in [0.05, 0.1) is 0 Å². The molecule has 0 aromatic carbocycles. The molecule has 0 heterocycles. The molecule has 0 spiro atoms. The summed E-state index contributed by atoms with van der Waals surface area (Å²) in [5.74, 6) is 2.72. The van der Waals surface area contributed by atoms with Crippen LogP contribution in [-0.2, 0) is 0 Å². The summed E-state index contributed by atoms with van der Waals surface area (Å²) in [6, 6.07) is 0. The molecule has 1 aliphatic rings. The minimum Gasteiger partial charge on any atom is -0.0888 e. The Morgan fingerprint density at radius 2 is 1.85 bits per heavy atom. The molecule has 1 aliphatic carbocycles. The monoisotopic (exact) mass is 246 g/mol. The third-order valence-electron chi connectivity index (χ3n) is 3.95. The van der Waals surface area contributed by atoms with Crippen LogP contribution in [0.15, 0.2) is 0 Å². The SMILES string of the molecule is CCC(C)C(C)C1CCCCC1Br. The fourth-order valence-electron chi connectivity index (χ4n) is 2.50. The maximum atomic E-state index is 3.85. The predicted molar refractivity (Wildman–Crippen MR) is 63.3 cm³/mol. The molecule has 0 aliphatic heterocycles. The van der Waals surface area contributed by atoms with Crippen LogP contribution < -0.4 is 0 Å². The van der Waals surface area contributed by atoms with Gasteiger partial charge >= 0.3 is 0 Å². The van der Waals surface area contributed by atoms with Crippen molar-refractivity contribution >= 4 is 15.9 Å². The Kier molecular flexibility index (Phi) is 4.78. The summed E-state index contributed by atoms with van der Waals surface area (Å²) < 4.78 is 0. The molecule has 1 fully saturated rings. The van der Waals surface area contributed by atoms with E-state index in [0.717, 1.165) is 22.6 Å². The zero-order chi connectivity index (χ0) is 9.84. The predicted octanol–water partition coefficient (Wildman–Crippen LogP) is 4.62. The van der Waals surface area contributed by atoms with E-state index < -0.39 is 0 Å². The van der Waals surface area contributed by atoms with Crippen LogP contribution in [0.2, 0.25) is 0 Å². The van der Waals surface area contributed by atoms with Gasteiger partial charge in [-0.2, -0.15) is 0 Å². The summed E-state index contributed by atoms with van der Waals surface area (Å²) in [6.45, 7) is 7.16. The van der Waals surface area contributed by atoms with Crippen molar-refractivity contribution in [3.8, 4) is 0 Å². The van der Waals surface area contributed by atoms with Crippen molar-refractivity contribution in [3.05, 3.63) is 0 Å². The third kappa shape index (κ3) is 2.97. The average molecular weight is 247 g/mol. The molecule has 0 aromatic rings. The molecule has 4 unspecified atom stereocenters. The maximum Gasteiger partial charge on any atom is 0.0176 e. The lowest BCUT2D eigenvalue weighted by molar-refractivity contribution is 0.210. The van der Waals surface area contributed by atoms with Crippen LogP contribution in [0.3, 0.4) is 0 Å². The lowest BCUT2D eigenvalue weighted by Crippen LogP contribution is -2.29. The number of halogens is 1. The smallest absolute Gasteiger partial charge is 0.0176 e. The van der Waals surface area contributed by atoms with E-state index in [4.69, 9.17) is 0 Å². The maximum absolute atomic E-state index is 3.85. The second-order valence-corrected chi connectivity index (χ2v) is 5.89. The van der Waals surface area contributed by atoms with Crippen molar-refractivity contribution in [1.82, 2.24) is 0 Å². The van der Waals surface area contributed by atoms with Crippen molar-refractivity contribution in [2.24, 2.45) is 17.8 Å². The van der Waals surface area contributed by atoms with Gasteiger partial charge in [-0.1, -0.05) is 56.0 Å². The normalized spacial score (nSPS) is 34.2. The highest BCUT2D eigenvalue weighted by Gasteiger charge is 2.29. The van der Waals surface area contributed by atoms with Crippen molar-refractivity contribution < 1.29 is 0 Å². The van der Waals surface area contributed by atoms with Crippen LogP contribution >= 0.6 is 15.9 Å². The quantitative estimate of drug-likeness (QED) is 0.638. The van der Waals surface area contributed by atoms with Gasteiger partial charge in [0.15, 0.2) is 0 Å². The Labute approximate surface area is 91.6 Å². The molecule has 4 atom stereocenters. The fourth-order valence-corrected chi connectivity index (χ4v) is 3.57. The van der Waals surface area contributed by atoms with Crippen molar-refractivity contribution in [2.75, 3.05) is 0 Å². The molecule has 1 heteroatoms. The lowest BCUT2D eigenvalue weighted by Gasteiger charge is -2.35. The third-order valence-corrected chi connectivity index (χ3v) is 5.09. The van der Waals surface area contributed by atoms with Crippen LogP contribution in [0.5, 0.6) is 0 Å². The Hall–Kier alpha value is 0.480. The molecule has 0 N–H and O–H groups in total. The Balaban J connectivity index is 2.47. The van der Waals surface area contributed by atoms with Crippen molar-refractivity contribution in [1.29, 1.82) is 0 Å². The summed E-state index contributed by atoms with van der Waals surface area (Å²) in [6.07, 6.45) is 7.05. The zero-order valence-corrected chi connectivity index (χ0v) is 10.8. The van der Waals surface area contributed by atoms with E-state index in [1.165, 1.54) is 32.1 Å². The van der Waals surface area contributed by atoms with Gasteiger partial charge in [0.2, 0.25) is 0 Å². The van der Waals surface area contributed by atoms with Gasteiger partial charge in [-0.25, -0.2) is 0 Å². The second kappa shape index (κ2) is 5.38. The van der Waals surface area contributed by atoms with E-state index in [1.54, 1.807) is 0 Å². The summed E-state index contributed by atoms with van der Waals surface area (Å²) >= 11 is 3.85. The molecule has 1 rings (SSSR count). The standard InChI is InChI=1S/C12H23Br/c1-4-9(2)10(3)11-7-5-6-8-12(11)13/h9-12H,4-8H2,1-3H3. The molecule has 13 heavy (non-hydrogen) atoms. The molecule has 0 amide bonds. The fraction of sp³-hybridized carbons (Fsp3) is 1.00. The first-order chi connectivity index (χ1) is 6.16. The van der Waals surface area contributed by atoms with E-state index in [0.29, 0.717) is 0 Å². The number of alkyl halides is 1. The van der Waals surface area contributed by atoms with Gasteiger partial charge in [0.1, 0.15) is 0 Å². The van der Waals surface area contributed by atoms with Crippen LogP contribution in [0.25, 0.3) is 0 Å². The van der Waals surface area contributed by atoms with Gasteiger partial charge in [0.25, 0.3) is 0 Å². The van der Waals surface area contributed by atoms with E-state index >= 15 is 0 Å². The summed E-state index contributed by atoms with van der Waals surface area (Å²) in [7, 11) is 0. The number of hydrogen-bond donors (Lipinski definition) is 0. The minimum atomic E-state index is 0.797. The van der Waals surface area contributed by atoms with E-state index in [-0.39, 0.29) is 0 Å². The first-order valence-corrected chi connectivity index (χ1v) is 6.72. The highest BCUT2D eigenvalue weighted by molar-refractivity contribution is 9.09. The van der Waals surface area contributed by atoms with E-state index in [1.807, 2.05) is 0 Å². The van der Waals surface area contributed by atoms with Gasteiger partial charge in [0, 0.05) is 4.83 Å². The second-order valence-electron chi connectivity index (χ2n) is 4.71. The van der Waals surface area contributed by atoms with Crippen LogP contribution in [-0.4, -0.2) is 4.83 Å². The van der Waals surface area contributed by atoms with E-state index in [2.05, 4.69) is 36.7 Å². The van der Waals surface area contributed by atoms with Gasteiger partial charge in [-0.05, 0) is 30.6 Å². The molecule has 0 saturated heterocycles. The molecule has 1 saturated carbocycles. The highest BCUT2D eigenvalue weighted by Crippen LogP contribution is 2.38. The first-order valence-electron chi connectivity index (χ1n) is 5.80. The molecule has 0 aromatic heterocycles. The van der Waals surface area contributed by atoms with Crippen LogP contribution in [0.1, 0.15) is 52.9 Å². The lowest BCUT2D eigenvalue weighted by atomic mass is 9.75. The summed E-state index contributed by atoms with van der Waals surface area (Å²) in [5, 5.41) is 0. The van der Waals surface area contributed by atoms with Crippen LogP contribution in [0.4, 0.5) is 0 Å². The van der Waals surface area contributed by atoms with Gasteiger partial charge in [-0.3, -0.25) is 0 Å². The molecule has 78 valence electrons. The number of hydrogen-bond acceptors (Lipinski definition) is 0. The summed E-state index contributed by atoms with van der Waals surface area (Å²) in [5.41, 5.74) is 0. The number of rotatable bonds is 3. The van der Waals surface area contributed by atoms with Crippen molar-refractivity contribution in [2.45, 2.75) is 57.7 Å². The summed E-state index contributed by atoms with van der Waals surface area (Å²) in [4.78, 5) is 0.797. The van der Waals surface area contributed by atoms with E-state index in [9.17, 15) is 0 Å². The van der Waals surface area contributed by atoms with Gasteiger partial charge < -0.3 is 0 Å². The topological polar surface area (TPSA) is 0 Å². The highest BCUT2D eigenvalue weighted by atomic mass is 79.9. The molecule has 0 bridgehead atoms. The van der Waals surface area contributed by atoms with Gasteiger partial charge in [-0.15, -0.1) is 0 Å². The average Bonchev–Trinajstić information content (AvgIpc) is 2.16. The largest absolute Gasteiger partial charge is 0.0888 e. The molecular formula is C12H23Br. The molecule has 0 nitrogen and oxygen atoms in total. The Bertz CT molecular complexity index is 144. The Morgan fingerprint density at radius 1 is 1.23 bits per heavy atom. The molecule has 0 radical (unpaired) electrons.